The lowest BCUT2D eigenvalue weighted by molar-refractivity contribution is -0.143. The summed E-state index contributed by atoms with van der Waals surface area (Å²) >= 11 is 0. The van der Waals surface area contributed by atoms with Gasteiger partial charge in [0.1, 0.15) is 35.6 Å². The van der Waals surface area contributed by atoms with Gasteiger partial charge in [-0.25, -0.2) is 14.4 Å². The highest BCUT2D eigenvalue weighted by atomic mass is 16.6. The van der Waals surface area contributed by atoms with Gasteiger partial charge in [0.25, 0.3) is 17.7 Å². The van der Waals surface area contributed by atoms with E-state index in [4.69, 9.17) is 28.4 Å². The van der Waals surface area contributed by atoms with Crippen molar-refractivity contribution >= 4 is 52.9 Å². The van der Waals surface area contributed by atoms with Gasteiger partial charge in [0.05, 0.1) is 24.2 Å². The Balaban J connectivity index is 0.000000169. The van der Waals surface area contributed by atoms with Crippen LogP contribution in [0.3, 0.4) is 0 Å². The number of hydrogen-bond acceptors (Lipinski definition) is 14. The molecule has 76 heavy (non-hydrogen) atoms. The molecule has 0 radical (unpaired) electrons. The van der Waals surface area contributed by atoms with Crippen molar-refractivity contribution in [3.63, 3.8) is 0 Å². The van der Waals surface area contributed by atoms with E-state index in [9.17, 15) is 28.8 Å². The van der Waals surface area contributed by atoms with E-state index in [2.05, 4.69) is 10.9 Å². The van der Waals surface area contributed by atoms with Gasteiger partial charge in [-0.3, -0.25) is 30.1 Å². The zero-order chi connectivity index (χ0) is 54.4. The summed E-state index contributed by atoms with van der Waals surface area (Å²) in [5, 5.41) is 1.79. The average molecular weight is 1030 g/mol. The normalized spacial score (nSPS) is 16.9. The highest BCUT2D eigenvalue weighted by Gasteiger charge is 2.53. The highest BCUT2D eigenvalue weighted by Crippen LogP contribution is 2.38. The average Bonchev–Trinajstić information content (AvgIpc) is 3.81. The number of cyclic esters (lactones) is 2. The number of amides is 5. The smallest absolute Gasteiger partial charge is 0.437 e. The number of methoxy groups -OCH3 is 2. The number of aryl methyl sites for hydroxylation is 2. The minimum Gasteiger partial charge on any atom is -0.467 e. The Kier molecular flexibility index (Phi) is 17.5. The van der Waals surface area contributed by atoms with Crippen LogP contribution in [0.4, 0.5) is 26.7 Å². The van der Waals surface area contributed by atoms with E-state index < -0.39 is 47.2 Å². The number of anilines is 3. The highest BCUT2D eigenvalue weighted by molar-refractivity contribution is 6.05. The zero-order valence-corrected chi connectivity index (χ0v) is 42.9. The molecule has 5 amide bonds. The molecule has 0 spiro atoms. The van der Waals surface area contributed by atoms with E-state index in [1.165, 1.54) is 19.1 Å². The van der Waals surface area contributed by atoms with E-state index in [-0.39, 0.29) is 12.5 Å². The van der Waals surface area contributed by atoms with Crippen molar-refractivity contribution in [3.05, 3.63) is 210 Å². The molecule has 390 valence electrons. The van der Waals surface area contributed by atoms with Crippen LogP contribution in [0.5, 0.6) is 23.0 Å². The summed E-state index contributed by atoms with van der Waals surface area (Å²) in [6, 6.07) is 55.5. The number of hydrazine groups is 2. The number of esters is 1. The molecule has 2 aliphatic rings. The number of carbonyl (C=O) groups is 6. The Hall–Kier alpha value is -9.48. The predicted molar refractivity (Wildman–Crippen MR) is 284 cm³/mol. The lowest BCUT2D eigenvalue weighted by atomic mass is 9.95. The largest absolute Gasteiger partial charge is 0.467 e. The maximum absolute atomic E-state index is 12.9. The van der Waals surface area contributed by atoms with Crippen LogP contribution in [0.2, 0.25) is 0 Å². The lowest BCUT2D eigenvalue weighted by Crippen LogP contribution is -2.46. The lowest BCUT2D eigenvalue weighted by Gasteiger charge is -2.30. The fourth-order valence-corrected chi connectivity index (χ4v) is 8.08. The molecule has 2 fully saturated rings. The number of benzene rings is 7. The quantitative estimate of drug-likeness (QED) is 0.0728. The van der Waals surface area contributed by atoms with E-state index >= 15 is 0 Å². The van der Waals surface area contributed by atoms with Gasteiger partial charge in [0.2, 0.25) is 11.2 Å². The minimum absolute atomic E-state index is 0.0882. The molecular formula is C59H57N5O12. The molecule has 3 unspecified atom stereocenters. The zero-order valence-electron chi connectivity index (χ0n) is 42.9. The second-order valence-corrected chi connectivity index (χ2v) is 17.6. The van der Waals surface area contributed by atoms with Crippen molar-refractivity contribution < 1.29 is 57.2 Å². The van der Waals surface area contributed by atoms with E-state index in [1.807, 2.05) is 105 Å². The van der Waals surface area contributed by atoms with Gasteiger partial charge in [-0.1, -0.05) is 115 Å². The van der Waals surface area contributed by atoms with Crippen LogP contribution in [-0.2, 0) is 49.3 Å². The standard InChI is InChI=1S/2C22H18N2O4.C15H21NO4/c2*1-22(16-12-14-19(15-13-16)27-18-10-6-3-7-11-18)20(25)24(21(26)28-22)23-17-8-4-2-5-9-17;1-10-7-6-8-11(2)14(10)16(13(17)9-19-4)12(3)15(18)20-5/h2*2-15,23H,1H3;6-8,12H,9H2,1-5H3. The van der Waals surface area contributed by atoms with Gasteiger partial charge < -0.3 is 28.4 Å². The van der Waals surface area contributed by atoms with Crippen LogP contribution in [0.25, 0.3) is 0 Å². The van der Waals surface area contributed by atoms with Crippen LogP contribution >= 0.6 is 0 Å². The van der Waals surface area contributed by atoms with Crippen LogP contribution < -0.4 is 25.2 Å². The number of hydrogen-bond donors (Lipinski definition) is 2. The van der Waals surface area contributed by atoms with E-state index in [1.54, 1.807) is 118 Å². The van der Waals surface area contributed by atoms with Gasteiger partial charge in [0.15, 0.2) is 0 Å². The van der Waals surface area contributed by atoms with Gasteiger partial charge >= 0.3 is 18.2 Å². The number of nitrogens with zero attached hydrogens (tertiary/aromatic N) is 3. The van der Waals surface area contributed by atoms with Crippen LogP contribution in [0.15, 0.2) is 188 Å². The molecule has 7 aromatic rings. The topological polar surface area (TPSA) is 192 Å². The minimum atomic E-state index is -1.41. The molecule has 3 atom stereocenters. The Morgan fingerprint density at radius 3 is 1.24 bits per heavy atom. The molecule has 17 nitrogen and oxygen atoms in total. The molecule has 0 saturated carbocycles. The van der Waals surface area contributed by atoms with Crippen LogP contribution in [-0.4, -0.2) is 72.8 Å². The summed E-state index contributed by atoms with van der Waals surface area (Å²) in [6.07, 6.45) is -1.50. The van der Waals surface area contributed by atoms with Crippen molar-refractivity contribution in [2.45, 2.75) is 51.9 Å². The molecule has 2 saturated heterocycles. The molecule has 2 aliphatic heterocycles. The van der Waals surface area contributed by atoms with Crippen molar-refractivity contribution in [1.29, 1.82) is 0 Å². The molecule has 0 aromatic heterocycles. The summed E-state index contributed by atoms with van der Waals surface area (Å²) in [6.45, 7) is 8.51. The van der Waals surface area contributed by atoms with Crippen molar-refractivity contribution in [1.82, 2.24) is 10.0 Å². The summed E-state index contributed by atoms with van der Waals surface area (Å²) in [5.74, 6) is 0.950. The summed E-state index contributed by atoms with van der Waals surface area (Å²) in [5.41, 5.74) is 7.68. The van der Waals surface area contributed by atoms with E-state index in [0.717, 1.165) is 26.8 Å². The second-order valence-electron chi connectivity index (χ2n) is 17.6. The third-order valence-electron chi connectivity index (χ3n) is 12.1. The van der Waals surface area contributed by atoms with Gasteiger partial charge in [0, 0.05) is 18.2 Å². The number of nitrogens with one attached hydrogen (secondary N) is 2. The molecule has 0 bridgehead atoms. The molecular weight excluding hydrogens is 971 g/mol. The van der Waals surface area contributed by atoms with Gasteiger partial charge in [-0.2, -0.15) is 0 Å². The number of imide groups is 2. The third-order valence-corrected chi connectivity index (χ3v) is 12.1. The first-order chi connectivity index (χ1) is 36.6. The van der Waals surface area contributed by atoms with Crippen LogP contribution in [0, 0.1) is 13.8 Å². The molecule has 7 aromatic carbocycles. The molecule has 0 aliphatic carbocycles. The predicted octanol–water partition coefficient (Wildman–Crippen LogP) is 11.2. The first kappa shape index (κ1) is 54.3. The maximum Gasteiger partial charge on any atom is 0.437 e. The summed E-state index contributed by atoms with van der Waals surface area (Å²) in [7, 11) is 2.76. The molecule has 2 N–H and O–H groups in total. The Morgan fingerprint density at radius 1 is 0.526 bits per heavy atom. The number of para-hydroxylation sites is 5. The number of carbonyl (C=O) groups excluding carboxylic acids is 6. The summed E-state index contributed by atoms with van der Waals surface area (Å²) in [4.78, 5) is 75.9. The van der Waals surface area contributed by atoms with Crippen molar-refractivity contribution in [3.8, 4) is 23.0 Å². The Morgan fingerprint density at radius 2 is 0.882 bits per heavy atom. The molecule has 2 heterocycles. The van der Waals surface area contributed by atoms with E-state index in [0.29, 0.717) is 45.5 Å². The third kappa shape index (κ3) is 12.6. The van der Waals surface area contributed by atoms with Crippen molar-refractivity contribution in [2.24, 2.45) is 0 Å². The Bertz CT molecular complexity index is 2940. The maximum atomic E-state index is 12.9. The SMILES string of the molecule is CC1(c2ccc(Oc3ccccc3)cc2)OC(=O)N(Nc2ccccc2)C1=O.CC1(c2ccc(Oc3ccccc3)cc2)OC(=O)N(Nc2ccccc2)C1=O.COCC(=O)N(c1c(C)cccc1C)C(C)C(=O)OC. The molecule has 9 rings (SSSR count). The fraction of sp³-hybridized carbons (Fsp3) is 0.186. The second kappa shape index (κ2) is 24.5. The first-order valence-corrected chi connectivity index (χ1v) is 24.0. The van der Waals surface area contributed by atoms with Gasteiger partial charge in [-0.05, 0) is 119 Å². The summed E-state index contributed by atoms with van der Waals surface area (Å²) < 4.78 is 32.0. The van der Waals surface area contributed by atoms with Gasteiger partial charge in [-0.15, -0.1) is 10.0 Å². The monoisotopic (exact) mass is 1030 g/mol. The van der Waals surface area contributed by atoms with Crippen LogP contribution in [0.1, 0.15) is 43.0 Å². The van der Waals surface area contributed by atoms with Crippen molar-refractivity contribution in [2.75, 3.05) is 36.6 Å². The number of ether oxygens (including phenoxy) is 6. The Labute approximate surface area is 440 Å². The fourth-order valence-electron chi connectivity index (χ4n) is 8.08. The molecule has 17 heteroatoms. The number of rotatable bonds is 15. The first-order valence-electron chi connectivity index (χ1n) is 24.0.